The van der Waals surface area contributed by atoms with Crippen molar-refractivity contribution in [3.05, 3.63) is 40.8 Å². The molecule has 2 aromatic heterocycles. The van der Waals surface area contributed by atoms with Gasteiger partial charge in [0, 0.05) is 12.3 Å². The van der Waals surface area contributed by atoms with E-state index in [1.165, 1.54) is 0 Å². The van der Waals surface area contributed by atoms with Crippen LogP contribution in [0.25, 0.3) is 16.9 Å². The third-order valence-electron chi connectivity index (χ3n) is 3.57. The van der Waals surface area contributed by atoms with Gasteiger partial charge in [0.05, 0.1) is 11.2 Å². The minimum Gasteiger partial charge on any atom is -0.486 e. The Bertz CT molecular complexity index is 898. The molecule has 0 saturated heterocycles. The summed E-state index contributed by atoms with van der Waals surface area (Å²) in [6.07, 6.45) is 1.79. The van der Waals surface area contributed by atoms with E-state index in [9.17, 15) is 0 Å². The quantitative estimate of drug-likeness (QED) is 0.701. The van der Waals surface area contributed by atoms with Crippen molar-refractivity contribution in [2.24, 2.45) is 0 Å². The molecule has 0 unspecified atom stereocenters. The zero-order valence-corrected chi connectivity index (χ0v) is 12.2. The molecule has 106 valence electrons. The summed E-state index contributed by atoms with van der Waals surface area (Å²) >= 11 is 5.44. The van der Waals surface area contributed by atoms with E-state index in [0.717, 1.165) is 33.9 Å². The Balaban J connectivity index is 1.96. The first-order valence-electron chi connectivity index (χ1n) is 6.70. The molecule has 3 aromatic rings. The maximum atomic E-state index is 5.63. The van der Waals surface area contributed by atoms with Crippen LogP contribution in [0.1, 0.15) is 5.56 Å². The van der Waals surface area contributed by atoms with Crippen LogP contribution in [0.15, 0.2) is 30.5 Å². The zero-order chi connectivity index (χ0) is 14.4. The molecule has 5 nitrogen and oxygen atoms in total. The number of imidazole rings is 1. The number of benzene rings is 1. The second-order valence-corrected chi connectivity index (χ2v) is 5.31. The highest BCUT2D eigenvalue weighted by Gasteiger charge is 2.15. The summed E-state index contributed by atoms with van der Waals surface area (Å²) in [5, 5.41) is 0. The second kappa shape index (κ2) is 4.60. The molecule has 3 heterocycles. The standard InChI is InChI=1S/C15H13N3O2S/c1-9-4-5-16-14-13(9)17-15(21)18(14)10-2-3-11-12(8-10)20-7-6-19-11/h2-5,8H,6-7H2,1H3,(H,17,21). The first-order valence-corrected chi connectivity index (χ1v) is 7.11. The molecule has 0 amide bonds. The average Bonchev–Trinajstić information content (AvgIpc) is 2.84. The first kappa shape index (κ1) is 12.4. The Labute approximate surface area is 126 Å². The van der Waals surface area contributed by atoms with Crippen molar-refractivity contribution >= 4 is 23.4 Å². The van der Waals surface area contributed by atoms with Crippen molar-refractivity contribution in [1.82, 2.24) is 14.5 Å². The summed E-state index contributed by atoms with van der Waals surface area (Å²) in [6.45, 7) is 3.18. The Hall–Kier alpha value is -2.34. The predicted molar refractivity (Wildman–Crippen MR) is 82.0 cm³/mol. The van der Waals surface area contributed by atoms with Gasteiger partial charge in [0.25, 0.3) is 0 Å². The van der Waals surface area contributed by atoms with Crippen LogP contribution in [0, 0.1) is 11.7 Å². The third-order valence-corrected chi connectivity index (χ3v) is 3.85. The summed E-state index contributed by atoms with van der Waals surface area (Å²) < 4.78 is 13.7. The van der Waals surface area contributed by atoms with Crippen LogP contribution in [-0.4, -0.2) is 27.7 Å². The molecular weight excluding hydrogens is 286 g/mol. The van der Waals surface area contributed by atoms with Gasteiger partial charge in [-0.25, -0.2) is 4.98 Å². The molecule has 0 fully saturated rings. The van der Waals surface area contributed by atoms with Crippen LogP contribution >= 0.6 is 12.2 Å². The number of H-pyrrole nitrogens is 1. The Kier molecular flexibility index (Phi) is 2.71. The number of hydrogen-bond acceptors (Lipinski definition) is 4. The van der Waals surface area contributed by atoms with Crippen LogP contribution in [0.3, 0.4) is 0 Å². The van der Waals surface area contributed by atoms with Gasteiger partial charge in [-0.1, -0.05) is 0 Å². The molecule has 1 N–H and O–H groups in total. The fourth-order valence-corrected chi connectivity index (χ4v) is 2.83. The highest BCUT2D eigenvalue weighted by Crippen LogP contribution is 2.33. The van der Waals surface area contributed by atoms with E-state index in [1.54, 1.807) is 6.20 Å². The first-order chi connectivity index (χ1) is 10.2. The molecule has 1 aromatic carbocycles. The Morgan fingerprint density at radius 3 is 2.86 bits per heavy atom. The number of nitrogens with zero attached hydrogens (tertiary/aromatic N) is 2. The van der Waals surface area contributed by atoms with Crippen LogP contribution in [-0.2, 0) is 0 Å². The lowest BCUT2D eigenvalue weighted by molar-refractivity contribution is 0.171. The fourth-order valence-electron chi connectivity index (χ4n) is 2.54. The average molecular weight is 299 g/mol. The van der Waals surface area contributed by atoms with E-state index in [1.807, 2.05) is 35.8 Å². The molecule has 4 rings (SSSR count). The number of aromatic amines is 1. The molecule has 21 heavy (non-hydrogen) atoms. The largest absolute Gasteiger partial charge is 0.486 e. The highest BCUT2D eigenvalue weighted by molar-refractivity contribution is 7.71. The zero-order valence-electron chi connectivity index (χ0n) is 11.4. The molecule has 0 aliphatic carbocycles. The van der Waals surface area contributed by atoms with Crippen molar-refractivity contribution in [3.63, 3.8) is 0 Å². The number of nitrogens with one attached hydrogen (secondary N) is 1. The number of rotatable bonds is 1. The normalized spacial score (nSPS) is 13.6. The minimum absolute atomic E-state index is 0.563. The van der Waals surface area contributed by atoms with Gasteiger partial charge in [-0.15, -0.1) is 0 Å². The van der Waals surface area contributed by atoms with Gasteiger partial charge < -0.3 is 14.5 Å². The monoisotopic (exact) mass is 299 g/mol. The summed E-state index contributed by atoms with van der Waals surface area (Å²) in [7, 11) is 0. The number of hydrogen-bond donors (Lipinski definition) is 1. The topological polar surface area (TPSA) is 52.1 Å². The number of aromatic nitrogens is 3. The number of ether oxygens (including phenoxy) is 2. The van der Waals surface area contributed by atoms with Gasteiger partial charge in [-0.2, -0.15) is 0 Å². The van der Waals surface area contributed by atoms with Crippen molar-refractivity contribution < 1.29 is 9.47 Å². The fraction of sp³-hybridized carbons (Fsp3) is 0.200. The second-order valence-electron chi connectivity index (χ2n) is 4.92. The number of fused-ring (bicyclic) bond motifs is 2. The lowest BCUT2D eigenvalue weighted by atomic mass is 10.2. The number of pyridine rings is 1. The lowest BCUT2D eigenvalue weighted by Gasteiger charge is -2.19. The van der Waals surface area contributed by atoms with E-state index < -0.39 is 0 Å². The Morgan fingerprint density at radius 1 is 1.19 bits per heavy atom. The van der Waals surface area contributed by atoms with Crippen molar-refractivity contribution in [2.75, 3.05) is 13.2 Å². The molecule has 1 aliphatic heterocycles. The summed E-state index contributed by atoms with van der Waals surface area (Å²) in [5.41, 5.74) is 3.80. The van der Waals surface area contributed by atoms with E-state index in [2.05, 4.69) is 9.97 Å². The van der Waals surface area contributed by atoms with E-state index in [4.69, 9.17) is 21.7 Å². The predicted octanol–water partition coefficient (Wildman–Crippen LogP) is 3.16. The molecule has 0 bridgehead atoms. The Morgan fingerprint density at radius 2 is 2.00 bits per heavy atom. The molecule has 0 spiro atoms. The SMILES string of the molecule is Cc1ccnc2c1[nH]c(=S)n2-c1ccc2c(c1)OCCO2. The van der Waals surface area contributed by atoms with E-state index in [0.29, 0.717) is 18.0 Å². The van der Waals surface area contributed by atoms with Crippen LogP contribution < -0.4 is 9.47 Å². The molecule has 1 aliphatic rings. The van der Waals surface area contributed by atoms with Gasteiger partial charge >= 0.3 is 0 Å². The molecule has 6 heteroatoms. The molecule has 0 radical (unpaired) electrons. The highest BCUT2D eigenvalue weighted by atomic mass is 32.1. The minimum atomic E-state index is 0.563. The summed E-state index contributed by atoms with van der Waals surface area (Å²) in [6, 6.07) is 7.75. The lowest BCUT2D eigenvalue weighted by Crippen LogP contribution is -2.15. The molecule has 0 atom stereocenters. The van der Waals surface area contributed by atoms with Crippen molar-refractivity contribution in [1.29, 1.82) is 0 Å². The van der Waals surface area contributed by atoms with Gasteiger partial charge in [0.1, 0.15) is 13.2 Å². The summed E-state index contributed by atoms with van der Waals surface area (Å²) in [5.74, 6) is 1.50. The number of aryl methyl sites for hydroxylation is 1. The molecule has 0 saturated carbocycles. The van der Waals surface area contributed by atoms with Gasteiger partial charge in [0.2, 0.25) is 0 Å². The van der Waals surface area contributed by atoms with Gasteiger partial charge in [0.15, 0.2) is 21.9 Å². The maximum Gasteiger partial charge on any atom is 0.184 e. The maximum absolute atomic E-state index is 5.63. The smallest absolute Gasteiger partial charge is 0.184 e. The third kappa shape index (κ3) is 1.91. The van der Waals surface area contributed by atoms with Crippen LogP contribution in [0.2, 0.25) is 0 Å². The van der Waals surface area contributed by atoms with E-state index >= 15 is 0 Å². The van der Waals surface area contributed by atoms with Gasteiger partial charge in [-0.3, -0.25) is 4.57 Å². The van der Waals surface area contributed by atoms with Crippen molar-refractivity contribution in [2.45, 2.75) is 6.92 Å². The summed E-state index contributed by atoms with van der Waals surface area (Å²) in [4.78, 5) is 7.66. The van der Waals surface area contributed by atoms with Crippen LogP contribution in [0.5, 0.6) is 11.5 Å². The van der Waals surface area contributed by atoms with Crippen LogP contribution in [0.4, 0.5) is 0 Å². The van der Waals surface area contributed by atoms with E-state index in [-0.39, 0.29) is 0 Å². The molecular formula is C15H13N3O2S. The van der Waals surface area contributed by atoms with Gasteiger partial charge in [-0.05, 0) is 42.9 Å². The van der Waals surface area contributed by atoms with Crippen molar-refractivity contribution in [3.8, 4) is 17.2 Å².